The van der Waals surface area contributed by atoms with E-state index in [1.54, 1.807) is 24.3 Å². The quantitative estimate of drug-likeness (QED) is 0.665. The molecule has 28 heavy (non-hydrogen) atoms. The summed E-state index contributed by atoms with van der Waals surface area (Å²) < 4.78 is 12.9. The van der Waals surface area contributed by atoms with Crippen molar-refractivity contribution in [3.8, 4) is 0 Å². The summed E-state index contributed by atoms with van der Waals surface area (Å²) in [4.78, 5) is 28.6. The number of pyridine rings is 1. The van der Waals surface area contributed by atoms with E-state index < -0.39 is 0 Å². The summed E-state index contributed by atoms with van der Waals surface area (Å²) in [6, 6.07) is 15.9. The molecule has 0 saturated heterocycles. The maximum Gasteiger partial charge on any atom is 0.270 e. The van der Waals surface area contributed by atoms with Gasteiger partial charge in [0.05, 0.1) is 0 Å². The van der Waals surface area contributed by atoms with Gasteiger partial charge in [-0.05, 0) is 47.5 Å². The van der Waals surface area contributed by atoms with E-state index in [1.165, 1.54) is 30.5 Å². The lowest BCUT2D eigenvalue weighted by molar-refractivity contribution is 0.0946. The van der Waals surface area contributed by atoms with Gasteiger partial charge in [-0.2, -0.15) is 0 Å². The lowest BCUT2D eigenvalue weighted by Crippen LogP contribution is -2.26. The van der Waals surface area contributed by atoms with Gasteiger partial charge in [0.15, 0.2) is 0 Å². The van der Waals surface area contributed by atoms with E-state index in [0.29, 0.717) is 17.1 Å². The lowest BCUT2D eigenvalue weighted by atomic mass is 10.2. The Labute approximate surface area is 166 Å². The first kappa shape index (κ1) is 19.5. The summed E-state index contributed by atoms with van der Waals surface area (Å²) >= 11 is 5.84. The molecule has 7 heteroatoms. The van der Waals surface area contributed by atoms with Crippen molar-refractivity contribution in [2.75, 3.05) is 0 Å². The number of hydrogen-bond donors (Lipinski definition) is 2. The molecule has 5 nitrogen and oxygen atoms in total. The molecular weight excluding hydrogens is 381 g/mol. The average Bonchev–Trinajstić information content (AvgIpc) is 2.72. The summed E-state index contributed by atoms with van der Waals surface area (Å²) in [5.41, 5.74) is 2.12. The van der Waals surface area contributed by atoms with Crippen molar-refractivity contribution in [2.24, 2.45) is 0 Å². The van der Waals surface area contributed by atoms with E-state index in [2.05, 4.69) is 15.6 Å². The van der Waals surface area contributed by atoms with E-state index in [0.717, 1.165) is 11.1 Å². The topological polar surface area (TPSA) is 71.1 Å². The number of carbonyl (C=O) groups excluding carboxylic acids is 2. The Bertz CT molecular complexity index is 899. The third kappa shape index (κ3) is 5.37. The molecule has 0 aliphatic heterocycles. The fourth-order valence-electron chi connectivity index (χ4n) is 2.46. The van der Waals surface area contributed by atoms with Crippen LogP contribution in [0, 0.1) is 5.82 Å². The van der Waals surface area contributed by atoms with Crippen LogP contribution in [0.15, 0.2) is 66.9 Å². The van der Waals surface area contributed by atoms with Crippen LogP contribution in [0.2, 0.25) is 5.02 Å². The molecule has 2 aromatic carbocycles. The van der Waals surface area contributed by atoms with E-state index in [9.17, 15) is 14.0 Å². The third-order valence-electron chi connectivity index (χ3n) is 3.99. The molecule has 3 rings (SSSR count). The van der Waals surface area contributed by atoms with Crippen molar-refractivity contribution in [1.29, 1.82) is 0 Å². The molecule has 3 aromatic rings. The first-order chi connectivity index (χ1) is 13.5. The molecule has 2 N–H and O–H groups in total. The Kier molecular flexibility index (Phi) is 6.34. The second-order valence-corrected chi connectivity index (χ2v) is 6.48. The van der Waals surface area contributed by atoms with Crippen LogP contribution in [0.3, 0.4) is 0 Å². The molecule has 0 atom stereocenters. The van der Waals surface area contributed by atoms with Crippen molar-refractivity contribution in [3.63, 3.8) is 0 Å². The standard InChI is InChI=1S/C21H17ClFN3O2/c22-17-5-1-14(2-6-17)13-26-21(28)19-11-16(9-10-24-19)20(27)25-12-15-3-7-18(23)8-4-15/h1-11H,12-13H2,(H,25,27)(H,26,28). The van der Waals surface area contributed by atoms with E-state index in [-0.39, 0.29) is 29.9 Å². The maximum atomic E-state index is 12.9. The summed E-state index contributed by atoms with van der Waals surface area (Å²) in [6.07, 6.45) is 1.41. The molecule has 2 amide bonds. The van der Waals surface area contributed by atoms with Crippen LogP contribution in [0.5, 0.6) is 0 Å². The average molecular weight is 398 g/mol. The summed E-state index contributed by atoms with van der Waals surface area (Å²) in [6.45, 7) is 0.568. The summed E-state index contributed by atoms with van der Waals surface area (Å²) in [5.74, 6) is -1.07. The SMILES string of the molecule is O=C(NCc1ccc(F)cc1)c1ccnc(C(=O)NCc2ccc(Cl)cc2)c1. The third-order valence-corrected chi connectivity index (χ3v) is 4.24. The van der Waals surface area contributed by atoms with E-state index in [1.807, 2.05) is 12.1 Å². The molecule has 0 bridgehead atoms. The number of amides is 2. The number of hydrogen-bond acceptors (Lipinski definition) is 3. The van der Waals surface area contributed by atoms with Gasteiger partial charge in [-0.15, -0.1) is 0 Å². The number of carbonyl (C=O) groups is 2. The number of aromatic nitrogens is 1. The molecule has 142 valence electrons. The van der Waals surface area contributed by atoms with E-state index >= 15 is 0 Å². The molecule has 1 aromatic heterocycles. The molecular formula is C21H17ClFN3O2. The zero-order valence-electron chi connectivity index (χ0n) is 14.8. The molecule has 0 radical (unpaired) electrons. The smallest absolute Gasteiger partial charge is 0.270 e. The largest absolute Gasteiger partial charge is 0.348 e. The summed E-state index contributed by atoms with van der Waals surface area (Å²) in [5, 5.41) is 6.10. The number of benzene rings is 2. The number of halogens is 2. The fraction of sp³-hybridized carbons (Fsp3) is 0.0952. The highest BCUT2D eigenvalue weighted by molar-refractivity contribution is 6.30. The van der Waals surface area contributed by atoms with Gasteiger partial charge >= 0.3 is 0 Å². The Balaban J connectivity index is 1.58. The molecule has 0 aliphatic carbocycles. The monoisotopic (exact) mass is 397 g/mol. The Morgan fingerprint density at radius 3 is 2.07 bits per heavy atom. The molecule has 0 aliphatic rings. The maximum absolute atomic E-state index is 12.9. The fourth-order valence-corrected chi connectivity index (χ4v) is 2.58. The number of nitrogens with one attached hydrogen (secondary N) is 2. The van der Waals surface area contributed by atoms with Gasteiger partial charge in [0, 0.05) is 29.9 Å². The van der Waals surface area contributed by atoms with Crippen LogP contribution in [0.25, 0.3) is 0 Å². The minimum atomic E-state index is -0.386. The second-order valence-electron chi connectivity index (χ2n) is 6.05. The van der Waals surface area contributed by atoms with Gasteiger partial charge in [-0.25, -0.2) is 4.39 Å². The normalized spacial score (nSPS) is 10.4. The highest BCUT2D eigenvalue weighted by atomic mass is 35.5. The Morgan fingerprint density at radius 2 is 1.43 bits per heavy atom. The van der Waals surface area contributed by atoms with Crippen LogP contribution in [0.4, 0.5) is 4.39 Å². The highest BCUT2D eigenvalue weighted by Crippen LogP contribution is 2.10. The van der Waals surface area contributed by atoms with Crippen LogP contribution in [-0.2, 0) is 13.1 Å². The van der Waals surface area contributed by atoms with Crippen molar-refractivity contribution in [1.82, 2.24) is 15.6 Å². The predicted octanol–water partition coefficient (Wildman–Crippen LogP) is 3.73. The van der Waals surface area contributed by atoms with Crippen LogP contribution >= 0.6 is 11.6 Å². The van der Waals surface area contributed by atoms with Gasteiger partial charge in [0.1, 0.15) is 11.5 Å². The van der Waals surface area contributed by atoms with E-state index in [4.69, 9.17) is 11.6 Å². The minimum Gasteiger partial charge on any atom is -0.348 e. The molecule has 0 saturated carbocycles. The van der Waals surface area contributed by atoms with Gasteiger partial charge in [0.2, 0.25) is 0 Å². The van der Waals surface area contributed by atoms with Gasteiger partial charge < -0.3 is 10.6 Å². The minimum absolute atomic E-state index is 0.142. The van der Waals surface area contributed by atoms with Crippen molar-refractivity contribution >= 4 is 23.4 Å². The van der Waals surface area contributed by atoms with Crippen LogP contribution < -0.4 is 10.6 Å². The molecule has 0 spiro atoms. The van der Waals surface area contributed by atoms with Crippen LogP contribution in [0.1, 0.15) is 32.0 Å². The zero-order valence-corrected chi connectivity index (χ0v) is 15.5. The highest BCUT2D eigenvalue weighted by Gasteiger charge is 2.12. The van der Waals surface area contributed by atoms with Crippen molar-refractivity contribution in [3.05, 3.63) is 100 Å². The van der Waals surface area contributed by atoms with Crippen molar-refractivity contribution in [2.45, 2.75) is 13.1 Å². The zero-order chi connectivity index (χ0) is 19.9. The number of rotatable bonds is 6. The first-order valence-corrected chi connectivity index (χ1v) is 8.90. The first-order valence-electron chi connectivity index (χ1n) is 8.52. The van der Waals surface area contributed by atoms with Crippen molar-refractivity contribution < 1.29 is 14.0 Å². The lowest BCUT2D eigenvalue weighted by Gasteiger charge is -2.08. The van der Waals surface area contributed by atoms with Gasteiger partial charge in [0.25, 0.3) is 11.8 Å². The van der Waals surface area contributed by atoms with Gasteiger partial charge in [-0.1, -0.05) is 35.9 Å². The molecule has 0 fully saturated rings. The molecule has 0 unspecified atom stereocenters. The Morgan fingerprint density at radius 1 is 0.857 bits per heavy atom. The number of nitrogens with zero attached hydrogens (tertiary/aromatic N) is 1. The predicted molar refractivity (Wildman–Crippen MR) is 104 cm³/mol. The van der Waals surface area contributed by atoms with Gasteiger partial charge in [-0.3, -0.25) is 14.6 Å². The summed E-state index contributed by atoms with van der Waals surface area (Å²) in [7, 11) is 0. The Hall–Kier alpha value is -3.25. The second kappa shape index (κ2) is 9.10. The van der Waals surface area contributed by atoms with Crippen LogP contribution in [-0.4, -0.2) is 16.8 Å². The molecule has 1 heterocycles.